The summed E-state index contributed by atoms with van der Waals surface area (Å²) >= 11 is 0. The largest absolute Gasteiger partial charge is 0.372 e. The molecule has 1 atom stereocenters. The molecule has 0 unspecified atom stereocenters. The van der Waals surface area contributed by atoms with Crippen LogP contribution in [0.3, 0.4) is 0 Å². The second-order valence-electron chi connectivity index (χ2n) is 6.80. The predicted octanol–water partition coefficient (Wildman–Crippen LogP) is 5.94. The highest BCUT2D eigenvalue weighted by Gasteiger charge is 2.10. The van der Waals surface area contributed by atoms with Crippen LogP contribution in [0.1, 0.15) is 56.6 Å². The van der Waals surface area contributed by atoms with Crippen molar-refractivity contribution in [2.45, 2.75) is 45.4 Å². The van der Waals surface area contributed by atoms with E-state index in [9.17, 15) is 0 Å². The van der Waals surface area contributed by atoms with Crippen molar-refractivity contribution >= 4 is 17.6 Å². The Morgan fingerprint density at radius 1 is 0.958 bits per heavy atom. The highest BCUT2D eigenvalue weighted by molar-refractivity contribution is 5.82. The zero-order valence-electron chi connectivity index (χ0n) is 14.9. The van der Waals surface area contributed by atoms with Gasteiger partial charge in [0, 0.05) is 25.0 Å². The van der Waals surface area contributed by atoms with E-state index < -0.39 is 0 Å². The molecular weight excluding hydrogens is 292 g/mol. The third-order valence-corrected chi connectivity index (χ3v) is 5.05. The van der Waals surface area contributed by atoms with Crippen LogP contribution in [0.15, 0.2) is 53.5 Å². The molecule has 2 aromatic rings. The second-order valence-corrected chi connectivity index (χ2v) is 6.80. The average molecular weight is 320 g/mol. The average Bonchev–Trinajstić information content (AvgIpc) is 2.67. The predicted molar refractivity (Wildman–Crippen MR) is 105 cm³/mol. The van der Waals surface area contributed by atoms with Gasteiger partial charge in [-0.15, -0.1) is 0 Å². The molecule has 0 radical (unpaired) electrons. The monoisotopic (exact) mass is 320 g/mol. The number of hydrogen-bond donors (Lipinski definition) is 0. The first-order chi connectivity index (χ1) is 11.8. The van der Waals surface area contributed by atoms with Crippen LogP contribution in [0.25, 0.3) is 0 Å². The summed E-state index contributed by atoms with van der Waals surface area (Å²) < 4.78 is 0. The lowest BCUT2D eigenvalue weighted by atomic mass is 9.99. The first-order valence-electron chi connectivity index (χ1n) is 9.25. The van der Waals surface area contributed by atoms with E-state index in [2.05, 4.69) is 72.3 Å². The number of benzene rings is 2. The van der Waals surface area contributed by atoms with Crippen LogP contribution >= 0.6 is 0 Å². The van der Waals surface area contributed by atoms with Crippen molar-refractivity contribution in [1.29, 1.82) is 0 Å². The molecule has 2 heteroatoms. The van der Waals surface area contributed by atoms with Crippen molar-refractivity contribution in [3.8, 4) is 0 Å². The maximum absolute atomic E-state index is 4.61. The maximum atomic E-state index is 4.61. The smallest absolute Gasteiger partial charge is 0.0630 e. The molecule has 1 saturated heterocycles. The molecule has 0 aliphatic carbocycles. The third kappa shape index (κ3) is 4.25. The minimum Gasteiger partial charge on any atom is -0.372 e. The van der Waals surface area contributed by atoms with Crippen molar-refractivity contribution in [2.24, 2.45) is 4.99 Å². The van der Waals surface area contributed by atoms with Gasteiger partial charge in [0.1, 0.15) is 0 Å². The van der Waals surface area contributed by atoms with Crippen molar-refractivity contribution in [1.82, 2.24) is 0 Å². The summed E-state index contributed by atoms with van der Waals surface area (Å²) in [4.78, 5) is 7.09. The Balaban J connectivity index is 1.63. The third-order valence-electron chi connectivity index (χ3n) is 5.05. The van der Waals surface area contributed by atoms with Crippen LogP contribution in [0, 0.1) is 0 Å². The second kappa shape index (κ2) is 8.14. The molecule has 1 aliphatic rings. The molecule has 2 aromatic carbocycles. The Kier molecular flexibility index (Phi) is 5.68. The number of rotatable bonds is 5. The topological polar surface area (TPSA) is 15.6 Å². The van der Waals surface area contributed by atoms with E-state index in [1.165, 1.54) is 50.0 Å². The maximum Gasteiger partial charge on any atom is 0.0630 e. The van der Waals surface area contributed by atoms with Gasteiger partial charge in [-0.3, -0.25) is 4.99 Å². The Morgan fingerprint density at radius 3 is 2.25 bits per heavy atom. The lowest BCUT2D eigenvalue weighted by Crippen LogP contribution is -2.29. The van der Waals surface area contributed by atoms with Crippen LogP contribution in [0.2, 0.25) is 0 Å². The quantitative estimate of drug-likeness (QED) is 0.622. The molecule has 1 heterocycles. The van der Waals surface area contributed by atoms with Crippen LogP contribution < -0.4 is 4.90 Å². The first-order valence-corrected chi connectivity index (χ1v) is 9.25. The van der Waals surface area contributed by atoms with Crippen LogP contribution in [0.5, 0.6) is 0 Å². The number of anilines is 1. The van der Waals surface area contributed by atoms with E-state index in [-0.39, 0.29) is 0 Å². The van der Waals surface area contributed by atoms with Crippen molar-refractivity contribution < 1.29 is 0 Å². The van der Waals surface area contributed by atoms with Crippen molar-refractivity contribution in [3.05, 3.63) is 59.7 Å². The molecule has 3 rings (SSSR count). The van der Waals surface area contributed by atoms with E-state index in [1.54, 1.807) is 0 Å². The van der Waals surface area contributed by atoms with E-state index in [0.29, 0.717) is 5.92 Å². The van der Waals surface area contributed by atoms with Gasteiger partial charge >= 0.3 is 0 Å². The molecule has 0 spiro atoms. The van der Waals surface area contributed by atoms with Gasteiger partial charge in [-0.1, -0.05) is 38.1 Å². The Hall–Kier alpha value is -2.09. The molecule has 1 aliphatic heterocycles. The fraction of sp³-hybridized carbons (Fsp3) is 0.409. The summed E-state index contributed by atoms with van der Waals surface area (Å²) in [5.74, 6) is 0.616. The fourth-order valence-electron chi connectivity index (χ4n) is 3.20. The van der Waals surface area contributed by atoms with Gasteiger partial charge in [-0.25, -0.2) is 0 Å². The Morgan fingerprint density at radius 2 is 1.62 bits per heavy atom. The summed E-state index contributed by atoms with van der Waals surface area (Å²) in [5, 5.41) is 0. The molecule has 126 valence electrons. The normalized spacial score (nSPS) is 16.5. The molecule has 0 saturated carbocycles. The number of hydrogen-bond acceptors (Lipinski definition) is 2. The highest BCUT2D eigenvalue weighted by atomic mass is 15.1. The number of aliphatic imine (C=N–C) groups is 1. The zero-order chi connectivity index (χ0) is 16.8. The summed E-state index contributed by atoms with van der Waals surface area (Å²) in [5.41, 5.74) is 4.90. The fourth-order valence-corrected chi connectivity index (χ4v) is 3.20. The molecule has 0 N–H and O–H groups in total. The van der Waals surface area contributed by atoms with E-state index in [4.69, 9.17) is 0 Å². The van der Waals surface area contributed by atoms with Crippen molar-refractivity contribution in [2.75, 3.05) is 18.0 Å². The standard InChI is InChI=1S/C22H28N2/c1-3-18(2)20-9-11-21(12-10-20)23-17-19-7-13-22(14-8-19)24-15-5-4-6-16-24/h7-14,17-18H,3-6,15-16H2,1-2H3/t18-/m0/s1. The Bertz CT molecular complexity index is 649. The van der Waals surface area contributed by atoms with Gasteiger partial charge in [0.2, 0.25) is 0 Å². The van der Waals surface area contributed by atoms with Gasteiger partial charge in [0.25, 0.3) is 0 Å². The van der Waals surface area contributed by atoms with Gasteiger partial charge in [0.05, 0.1) is 5.69 Å². The van der Waals surface area contributed by atoms with Crippen LogP contribution in [-0.2, 0) is 0 Å². The molecule has 0 aromatic heterocycles. The van der Waals surface area contributed by atoms with Crippen molar-refractivity contribution in [3.63, 3.8) is 0 Å². The Labute approximate surface area is 146 Å². The minimum absolute atomic E-state index is 0.616. The highest BCUT2D eigenvalue weighted by Crippen LogP contribution is 2.22. The lowest BCUT2D eigenvalue weighted by molar-refractivity contribution is 0.578. The van der Waals surface area contributed by atoms with Crippen LogP contribution in [0.4, 0.5) is 11.4 Å². The summed E-state index contributed by atoms with van der Waals surface area (Å²) in [6, 6.07) is 17.4. The van der Waals surface area contributed by atoms with E-state index in [1.807, 2.05) is 6.21 Å². The SMILES string of the molecule is CC[C@H](C)c1ccc(N=Cc2ccc(N3CCCCC3)cc2)cc1. The number of nitrogens with zero attached hydrogens (tertiary/aromatic N) is 2. The lowest BCUT2D eigenvalue weighted by Gasteiger charge is -2.28. The van der Waals surface area contributed by atoms with Crippen LogP contribution in [-0.4, -0.2) is 19.3 Å². The molecule has 1 fully saturated rings. The minimum atomic E-state index is 0.616. The molecule has 2 nitrogen and oxygen atoms in total. The molecule has 24 heavy (non-hydrogen) atoms. The van der Waals surface area contributed by atoms with E-state index >= 15 is 0 Å². The number of piperidine rings is 1. The van der Waals surface area contributed by atoms with Gasteiger partial charge in [-0.2, -0.15) is 0 Å². The molecule has 0 amide bonds. The van der Waals surface area contributed by atoms with E-state index in [0.717, 1.165) is 11.3 Å². The van der Waals surface area contributed by atoms with Gasteiger partial charge in [-0.05, 0) is 67.0 Å². The van der Waals surface area contributed by atoms with Gasteiger partial charge < -0.3 is 4.90 Å². The molecular formula is C22H28N2. The zero-order valence-corrected chi connectivity index (χ0v) is 14.9. The summed E-state index contributed by atoms with van der Waals surface area (Å²) in [7, 11) is 0. The van der Waals surface area contributed by atoms with Gasteiger partial charge in [0.15, 0.2) is 0 Å². The summed E-state index contributed by atoms with van der Waals surface area (Å²) in [6.07, 6.45) is 7.13. The first kappa shape index (κ1) is 16.8. The molecule has 0 bridgehead atoms. The summed E-state index contributed by atoms with van der Waals surface area (Å²) in [6.45, 7) is 6.87.